The lowest BCUT2D eigenvalue weighted by atomic mass is 10.1. The Labute approximate surface area is 118 Å². The molecule has 0 saturated carbocycles. The fourth-order valence-corrected chi connectivity index (χ4v) is 1.82. The third-order valence-electron chi connectivity index (χ3n) is 2.82. The summed E-state index contributed by atoms with van der Waals surface area (Å²) in [5, 5.41) is 27.3. The molecule has 0 aliphatic rings. The van der Waals surface area contributed by atoms with Crippen LogP contribution in [-0.2, 0) is 0 Å². The number of pyridine rings is 1. The van der Waals surface area contributed by atoms with Crippen LogP contribution in [0.4, 0.5) is 5.69 Å². The third-order valence-corrected chi connectivity index (χ3v) is 2.82. The Morgan fingerprint density at radius 1 is 1.24 bits per heavy atom. The number of nitro groups is 1. The van der Waals surface area contributed by atoms with Crippen molar-refractivity contribution in [3.63, 3.8) is 0 Å². The van der Waals surface area contributed by atoms with E-state index >= 15 is 0 Å². The van der Waals surface area contributed by atoms with Gasteiger partial charge in [-0.25, -0.2) is 4.98 Å². The van der Waals surface area contributed by atoms with Crippen molar-refractivity contribution in [1.29, 1.82) is 0 Å². The number of hydrogen-bond acceptors (Lipinski definition) is 6. The maximum absolute atomic E-state index is 10.8. The molecule has 0 atom stereocenters. The number of nitrogens with one attached hydrogen (secondary N) is 1. The van der Waals surface area contributed by atoms with Crippen LogP contribution in [0.25, 0.3) is 22.9 Å². The van der Waals surface area contributed by atoms with E-state index in [-0.39, 0.29) is 22.8 Å². The van der Waals surface area contributed by atoms with Gasteiger partial charge in [0.05, 0.1) is 10.5 Å². The van der Waals surface area contributed by atoms with Gasteiger partial charge >= 0.3 is 0 Å². The lowest BCUT2D eigenvalue weighted by molar-refractivity contribution is -0.384. The van der Waals surface area contributed by atoms with Crippen LogP contribution in [0.1, 0.15) is 0 Å². The smallest absolute Gasteiger partial charge is 0.270 e. The SMILES string of the molecule is O=[N+]([O-])c1ccc(O)c(-c2n[nH]c(-c3ccccn3)n2)c1. The Morgan fingerprint density at radius 3 is 2.81 bits per heavy atom. The molecule has 2 aromatic heterocycles. The molecule has 0 saturated heterocycles. The molecule has 0 unspecified atom stereocenters. The van der Waals surface area contributed by atoms with Crippen molar-refractivity contribution >= 4 is 5.69 Å². The molecule has 1 aromatic carbocycles. The Balaban J connectivity index is 2.04. The monoisotopic (exact) mass is 283 g/mol. The van der Waals surface area contributed by atoms with E-state index in [2.05, 4.69) is 20.2 Å². The molecule has 0 spiro atoms. The van der Waals surface area contributed by atoms with E-state index < -0.39 is 4.92 Å². The minimum Gasteiger partial charge on any atom is -0.507 e. The normalized spacial score (nSPS) is 10.5. The molecule has 0 amide bonds. The number of phenolic OH excluding ortho intramolecular Hbond substituents is 1. The van der Waals surface area contributed by atoms with Gasteiger partial charge < -0.3 is 5.11 Å². The average molecular weight is 283 g/mol. The molecule has 2 heterocycles. The van der Waals surface area contributed by atoms with Gasteiger partial charge in [0.2, 0.25) is 0 Å². The van der Waals surface area contributed by atoms with E-state index in [1.165, 1.54) is 18.2 Å². The summed E-state index contributed by atoms with van der Waals surface area (Å²) in [6.45, 7) is 0. The van der Waals surface area contributed by atoms with Crippen molar-refractivity contribution in [1.82, 2.24) is 20.2 Å². The molecular weight excluding hydrogens is 274 g/mol. The van der Waals surface area contributed by atoms with Crippen LogP contribution in [0.5, 0.6) is 5.75 Å². The summed E-state index contributed by atoms with van der Waals surface area (Å²) >= 11 is 0. The van der Waals surface area contributed by atoms with Gasteiger partial charge in [0, 0.05) is 18.3 Å². The number of nitro benzene ring substituents is 1. The molecule has 0 aliphatic heterocycles. The summed E-state index contributed by atoms with van der Waals surface area (Å²) < 4.78 is 0. The zero-order chi connectivity index (χ0) is 14.8. The summed E-state index contributed by atoms with van der Waals surface area (Å²) in [5.74, 6) is 0.445. The molecular formula is C13H9N5O3. The van der Waals surface area contributed by atoms with Crippen molar-refractivity contribution in [2.45, 2.75) is 0 Å². The van der Waals surface area contributed by atoms with Crippen LogP contribution >= 0.6 is 0 Å². The number of rotatable bonds is 3. The number of benzene rings is 1. The largest absolute Gasteiger partial charge is 0.507 e. The van der Waals surface area contributed by atoms with E-state index in [9.17, 15) is 15.2 Å². The van der Waals surface area contributed by atoms with Gasteiger partial charge in [-0.1, -0.05) is 6.07 Å². The molecule has 2 N–H and O–H groups in total. The number of nitrogens with zero attached hydrogens (tertiary/aromatic N) is 4. The summed E-state index contributed by atoms with van der Waals surface area (Å²) in [6.07, 6.45) is 1.61. The third kappa shape index (κ3) is 2.41. The first kappa shape index (κ1) is 12.7. The van der Waals surface area contributed by atoms with Crippen molar-refractivity contribution in [2.24, 2.45) is 0 Å². The maximum atomic E-state index is 10.8. The molecule has 21 heavy (non-hydrogen) atoms. The fourth-order valence-electron chi connectivity index (χ4n) is 1.82. The second-order valence-corrected chi connectivity index (χ2v) is 4.18. The highest BCUT2D eigenvalue weighted by Gasteiger charge is 2.16. The number of phenols is 1. The summed E-state index contributed by atoms with van der Waals surface area (Å²) in [4.78, 5) is 18.6. The van der Waals surface area contributed by atoms with Gasteiger partial charge in [-0.05, 0) is 18.2 Å². The van der Waals surface area contributed by atoms with E-state index in [1.54, 1.807) is 24.4 Å². The van der Waals surface area contributed by atoms with Crippen LogP contribution in [0.15, 0.2) is 42.6 Å². The summed E-state index contributed by atoms with van der Waals surface area (Å²) in [6, 6.07) is 9.00. The van der Waals surface area contributed by atoms with Crippen LogP contribution in [0.2, 0.25) is 0 Å². The first-order valence-corrected chi connectivity index (χ1v) is 5.97. The number of aromatic hydroxyl groups is 1. The summed E-state index contributed by atoms with van der Waals surface area (Å²) in [5.41, 5.74) is 0.621. The molecule has 0 aliphatic carbocycles. The molecule has 0 bridgehead atoms. The summed E-state index contributed by atoms with van der Waals surface area (Å²) in [7, 11) is 0. The predicted molar refractivity (Wildman–Crippen MR) is 73.4 cm³/mol. The molecule has 0 fully saturated rings. The Kier molecular flexibility index (Phi) is 3.03. The lowest BCUT2D eigenvalue weighted by Gasteiger charge is -1.99. The second kappa shape index (κ2) is 5.00. The van der Waals surface area contributed by atoms with Gasteiger partial charge in [-0.3, -0.25) is 20.2 Å². The Morgan fingerprint density at radius 2 is 2.10 bits per heavy atom. The fraction of sp³-hybridized carbons (Fsp3) is 0. The first-order chi connectivity index (χ1) is 10.1. The van der Waals surface area contributed by atoms with Crippen LogP contribution in [0.3, 0.4) is 0 Å². The van der Waals surface area contributed by atoms with Gasteiger partial charge in [0.1, 0.15) is 11.4 Å². The second-order valence-electron chi connectivity index (χ2n) is 4.18. The molecule has 8 nitrogen and oxygen atoms in total. The Bertz CT molecular complexity index is 801. The van der Waals surface area contributed by atoms with Gasteiger partial charge in [0.15, 0.2) is 11.6 Å². The van der Waals surface area contributed by atoms with E-state index in [0.29, 0.717) is 11.5 Å². The number of non-ortho nitro benzene ring substituents is 1. The van der Waals surface area contributed by atoms with Crippen LogP contribution < -0.4 is 0 Å². The minimum atomic E-state index is -0.546. The lowest BCUT2D eigenvalue weighted by Crippen LogP contribution is -1.90. The van der Waals surface area contributed by atoms with Crippen molar-refractivity contribution in [2.75, 3.05) is 0 Å². The van der Waals surface area contributed by atoms with Crippen molar-refractivity contribution < 1.29 is 10.0 Å². The van der Waals surface area contributed by atoms with Crippen LogP contribution in [-0.4, -0.2) is 30.2 Å². The van der Waals surface area contributed by atoms with E-state index in [1.807, 2.05) is 0 Å². The molecule has 3 rings (SSSR count). The number of aromatic nitrogens is 4. The highest BCUT2D eigenvalue weighted by atomic mass is 16.6. The first-order valence-electron chi connectivity index (χ1n) is 5.97. The number of hydrogen-bond donors (Lipinski definition) is 2. The maximum Gasteiger partial charge on any atom is 0.270 e. The van der Waals surface area contributed by atoms with Crippen molar-refractivity contribution in [3.8, 4) is 28.7 Å². The quantitative estimate of drug-likeness (QED) is 0.561. The predicted octanol–water partition coefficient (Wildman–Crippen LogP) is 2.15. The standard InChI is InChI=1S/C13H9N5O3/c19-11-5-4-8(18(20)21)7-9(11)12-15-13(17-16-12)10-3-1-2-6-14-10/h1-7,19H,(H,15,16,17). The highest BCUT2D eigenvalue weighted by molar-refractivity contribution is 5.68. The van der Waals surface area contributed by atoms with E-state index in [4.69, 9.17) is 0 Å². The number of aromatic amines is 1. The molecule has 8 heteroatoms. The zero-order valence-electron chi connectivity index (χ0n) is 10.6. The molecule has 104 valence electrons. The topological polar surface area (TPSA) is 118 Å². The number of H-pyrrole nitrogens is 1. The van der Waals surface area contributed by atoms with Gasteiger partial charge in [-0.2, -0.15) is 5.10 Å². The van der Waals surface area contributed by atoms with E-state index in [0.717, 1.165) is 0 Å². The van der Waals surface area contributed by atoms with Crippen molar-refractivity contribution in [3.05, 3.63) is 52.7 Å². The van der Waals surface area contributed by atoms with Gasteiger partial charge in [-0.15, -0.1) is 0 Å². The molecule has 3 aromatic rings. The zero-order valence-corrected chi connectivity index (χ0v) is 10.6. The Hall–Kier alpha value is -3.29. The van der Waals surface area contributed by atoms with Gasteiger partial charge in [0.25, 0.3) is 5.69 Å². The average Bonchev–Trinajstić information content (AvgIpc) is 2.98. The van der Waals surface area contributed by atoms with Crippen LogP contribution in [0, 0.1) is 10.1 Å². The minimum absolute atomic E-state index is 0.132. The highest BCUT2D eigenvalue weighted by Crippen LogP contribution is 2.30. The molecule has 0 radical (unpaired) electrons.